The number of carbonyl (C=O) groups is 2. The number of hydrogen-bond donors (Lipinski definition) is 2. The monoisotopic (exact) mass is 324 g/mol. The highest BCUT2D eigenvalue weighted by Gasteiger charge is 2.12. The van der Waals surface area contributed by atoms with E-state index in [0.29, 0.717) is 18.7 Å². The standard InChI is InChI=1S/C14H13ClN2O3S/c1-8-10(14(19)20)3-4-11(17-8)13(18)16-7-6-9-2-5-12(15)21-9/h2-5H,6-7H2,1H3,(H,16,18)(H,19,20). The van der Waals surface area contributed by atoms with E-state index in [1.165, 1.54) is 23.5 Å². The first-order valence-electron chi connectivity index (χ1n) is 6.20. The zero-order valence-electron chi connectivity index (χ0n) is 11.2. The summed E-state index contributed by atoms with van der Waals surface area (Å²) < 4.78 is 0.720. The van der Waals surface area contributed by atoms with E-state index in [2.05, 4.69) is 10.3 Å². The molecule has 0 unspecified atom stereocenters. The van der Waals surface area contributed by atoms with Crippen molar-refractivity contribution in [2.45, 2.75) is 13.3 Å². The number of aromatic nitrogens is 1. The third-order valence-corrected chi connectivity index (χ3v) is 4.13. The molecule has 21 heavy (non-hydrogen) atoms. The smallest absolute Gasteiger partial charge is 0.337 e. The summed E-state index contributed by atoms with van der Waals surface area (Å²) in [7, 11) is 0. The molecule has 0 aliphatic heterocycles. The van der Waals surface area contributed by atoms with Gasteiger partial charge < -0.3 is 10.4 Å². The molecule has 1 amide bonds. The van der Waals surface area contributed by atoms with Gasteiger partial charge in [0, 0.05) is 11.4 Å². The fraction of sp³-hybridized carbons (Fsp3) is 0.214. The fourth-order valence-corrected chi connectivity index (χ4v) is 2.88. The second kappa shape index (κ2) is 6.69. The van der Waals surface area contributed by atoms with Crippen molar-refractivity contribution in [2.24, 2.45) is 0 Å². The molecular weight excluding hydrogens is 312 g/mol. The number of carbonyl (C=O) groups excluding carboxylic acids is 1. The number of aryl methyl sites for hydroxylation is 1. The summed E-state index contributed by atoms with van der Waals surface area (Å²) in [6.07, 6.45) is 0.690. The molecule has 0 bridgehead atoms. The molecule has 2 rings (SSSR count). The van der Waals surface area contributed by atoms with Gasteiger partial charge in [-0.25, -0.2) is 9.78 Å². The Morgan fingerprint density at radius 2 is 2.10 bits per heavy atom. The number of nitrogens with zero attached hydrogens (tertiary/aromatic N) is 1. The molecule has 0 aliphatic rings. The Labute approximate surface area is 130 Å². The molecule has 0 aliphatic carbocycles. The summed E-state index contributed by atoms with van der Waals surface area (Å²) in [6.45, 7) is 2.03. The molecule has 2 N–H and O–H groups in total. The molecule has 0 saturated heterocycles. The Balaban J connectivity index is 1.94. The van der Waals surface area contributed by atoms with Crippen molar-refractivity contribution in [1.29, 1.82) is 0 Å². The second-order valence-corrected chi connectivity index (χ2v) is 6.15. The van der Waals surface area contributed by atoms with E-state index in [0.717, 1.165) is 9.21 Å². The van der Waals surface area contributed by atoms with Gasteiger partial charge in [-0.3, -0.25) is 4.79 Å². The number of rotatable bonds is 5. The van der Waals surface area contributed by atoms with E-state index in [-0.39, 0.29) is 17.2 Å². The molecule has 2 aromatic rings. The SMILES string of the molecule is Cc1nc(C(=O)NCCc2ccc(Cl)s2)ccc1C(=O)O. The predicted octanol–water partition coefficient (Wildman–Crippen LogP) is 2.78. The van der Waals surface area contributed by atoms with E-state index in [1.54, 1.807) is 6.92 Å². The molecule has 110 valence electrons. The molecular formula is C14H13ClN2O3S. The first-order chi connectivity index (χ1) is 9.97. The van der Waals surface area contributed by atoms with Crippen molar-refractivity contribution >= 4 is 34.8 Å². The third-order valence-electron chi connectivity index (χ3n) is 2.83. The van der Waals surface area contributed by atoms with Crippen LogP contribution in [0, 0.1) is 6.92 Å². The van der Waals surface area contributed by atoms with Gasteiger partial charge >= 0.3 is 5.97 Å². The number of carboxylic acids is 1. The largest absolute Gasteiger partial charge is 0.478 e. The number of carboxylic acid groups (broad SMARTS) is 1. The second-order valence-electron chi connectivity index (χ2n) is 4.35. The van der Waals surface area contributed by atoms with Gasteiger partial charge in [-0.05, 0) is 37.6 Å². The lowest BCUT2D eigenvalue weighted by molar-refractivity contribution is 0.0694. The maximum absolute atomic E-state index is 11.9. The molecule has 0 saturated carbocycles. The predicted molar refractivity (Wildman–Crippen MR) is 81.3 cm³/mol. The average Bonchev–Trinajstić information content (AvgIpc) is 2.83. The minimum atomic E-state index is -1.05. The summed E-state index contributed by atoms with van der Waals surface area (Å²) in [5.41, 5.74) is 0.627. The molecule has 2 heterocycles. The Hall–Kier alpha value is -1.92. The van der Waals surface area contributed by atoms with Crippen molar-refractivity contribution < 1.29 is 14.7 Å². The average molecular weight is 325 g/mol. The van der Waals surface area contributed by atoms with Gasteiger partial charge in [0.05, 0.1) is 15.6 Å². The Morgan fingerprint density at radius 1 is 1.33 bits per heavy atom. The molecule has 0 radical (unpaired) electrons. The van der Waals surface area contributed by atoms with Crippen LogP contribution in [0.3, 0.4) is 0 Å². The van der Waals surface area contributed by atoms with Crippen LogP contribution in [0.1, 0.15) is 31.4 Å². The Kier molecular flexibility index (Phi) is 4.93. The third kappa shape index (κ3) is 4.03. The number of pyridine rings is 1. The van der Waals surface area contributed by atoms with Crippen LogP contribution < -0.4 is 5.32 Å². The number of amides is 1. The Morgan fingerprint density at radius 3 is 2.67 bits per heavy atom. The highest BCUT2D eigenvalue weighted by atomic mass is 35.5. The van der Waals surface area contributed by atoms with E-state index in [4.69, 9.17) is 16.7 Å². The first-order valence-corrected chi connectivity index (χ1v) is 7.40. The topological polar surface area (TPSA) is 79.3 Å². The van der Waals surface area contributed by atoms with Crippen molar-refractivity contribution in [2.75, 3.05) is 6.54 Å². The van der Waals surface area contributed by atoms with Crippen LogP contribution in [0.15, 0.2) is 24.3 Å². The highest BCUT2D eigenvalue weighted by Crippen LogP contribution is 2.21. The lowest BCUT2D eigenvalue weighted by Gasteiger charge is -2.06. The number of hydrogen-bond acceptors (Lipinski definition) is 4. The van der Waals surface area contributed by atoms with Crippen molar-refractivity contribution in [3.63, 3.8) is 0 Å². The minimum absolute atomic E-state index is 0.0970. The van der Waals surface area contributed by atoms with Crippen molar-refractivity contribution in [1.82, 2.24) is 10.3 Å². The normalized spacial score (nSPS) is 10.4. The maximum Gasteiger partial charge on any atom is 0.337 e. The van der Waals surface area contributed by atoms with Gasteiger partial charge in [0.2, 0.25) is 0 Å². The molecule has 0 fully saturated rings. The number of halogens is 1. The lowest BCUT2D eigenvalue weighted by Crippen LogP contribution is -2.26. The highest BCUT2D eigenvalue weighted by molar-refractivity contribution is 7.16. The van der Waals surface area contributed by atoms with Crippen molar-refractivity contribution in [3.05, 3.63) is 50.4 Å². The van der Waals surface area contributed by atoms with Crippen molar-refractivity contribution in [3.8, 4) is 0 Å². The quantitative estimate of drug-likeness (QED) is 0.886. The summed E-state index contributed by atoms with van der Waals surface area (Å²) in [4.78, 5) is 27.9. The first kappa shape index (κ1) is 15.5. The van der Waals surface area contributed by atoms with Crippen LogP contribution >= 0.6 is 22.9 Å². The number of aromatic carboxylic acids is 1. The lowest BCUT2D eigenvalue weighted by atomic mass is 10.2. The molecule has 7 heteroatoms. The summed E-state index contributed by atoms with van der Waals surface area (Å²) in [6, 6.07) is 6.54. The molecule has 5 nitrogen and oxygen atoms in total. The van der Waals surface area contributed by atoms with Crippen LogP contribution in [0.5, 0.6) is 0 Å². The molecule has 0 aromatic carbocycles. The zero-order valence-corrected chi connectivity index (χ0v) is 12.8. The van der Waals surface area contributed by atoms with E-state index >= 15 is 0 Å². The summed E-state index contributed by atoms with van der Waals surface area (Å²) >= 11 is 7.30. The van der Waals surface area contributed by atoms with Gasteiger partial charge in [0.1, 0.15) is 5.69 Å². The van der Waals surface area contributed by atoms with Crippen LogP contribution in [0.4, 0.5) is 0 Å². The number of nitrogens with one attached hydrogen (secondary N) is 1. The Bertz CT molecular complexity index is 685. The van der Waals surface area contributed by atoms with Crippen LogP contribution in [0.25, 0.3) is 0 Å². The molecule has 2 aromatic heterocycles. The van der Waals surface area contributed by atoms with E-state index < -0.39 is 5.97 Å². The summed E-state index contributed by atoms with van der Waals surface area (Å²) in [5.74, 6) is -1.38. The van der Waals surface area contributed by atoms with Crippen LogP contribution in [0.2, 0.25) is 4.34 Å². The summed E-state index contributed by atoms with van der Waals surface area (Å²) in [5, 5.41) is 11.7. The van der Waals surface area contributed by atoms with Crippen LogP contribution in [-0.4, -0.2) is 28.5 Å². The molecule has 0 atom stereocenters. The number of thiophene rings is 1. The molecule has 0 spiro atoms. The zero-order chi connectivity index (χ0) is 15.4. The van der Waals surface area contributed by atoms with Gasteiger partial charge in [0.15, 0.2) is 0 Å². The van der Waals surface area contributed by atoms with Gasteiger partial charge in [-0.15, -0.1) is 11.3 Å². The van der Waals surface area contributed by atoms with E-state index in [9.17, 15) is 9.59 Å². The minimum Gasteiger partial charge on any atom is -0.478 e. The van der Waals surface area contributed by atoms with Gasteiger partial charge in [0.25, 0.3) is 5.91 Å². The van der Waals surface area contributed by atoms with Gasteiger partial charge in [-0.1, -0.05) is 11.6 Å². The van der Waals surface area contributed by atoms with Gasteiger partial charge in [-0.2, -0.15) is 0 Å². The van der Waals surface area contributed by atoms with Crippen LogP contribution in [-0.2, 0) is 6.42 Å². The fourth-order valence-electron chi connectivity index (χ4n) is 1.79. The van der Waals surface area contributed by atoms with E-state index in [1.807, 2.05) is 12.1 Å². The maximum atomic E-state index is 11.9.